The van der Waals surface area contributed by atoms with Gasteiger partial charge in [-0.3, -0.25) is 0 Å². The van der Waals surface area contributed by atoms with Gasteiger partial charge in [-0.1, -0.05) is 6.07 Å². The molecule has 0 unspecified atom stereocenters. The number of nitrogens with zero attached hydrogens (tertiary/aromatic N) is 5. The average molecular weight is 405 g/mol. The molecule has 1 aromatic rings. The van der Waals surface area contributed by atoms with Gasteiger partial charge in [-0.05, 0) is 25.5 Å². The van der Waals surface area contributed by atoms with Crippen molar-refractivity contribution in [3.8, 4) is 0 Å². The summed E-state index contributed by atoms with van der Waals surface area (Å²) < 4.78 is 0. The van der Waals surface area contributed by atoms with Crippen molar-refractivity contribution in [1.29, 1.82) is 0 Å². The minimum absolute atomic E-state index is 0. The Bertz CT molecular complexity index is 414. The van der Waals surface area contributed by atoms with Crippen LogP contribution in [0.3, 0.4) is 0 Å². The number of halogens is 1. The molecule has 1 heterocycles. The lowest BCUT2D eigenvalue weighted by atomic mass is 10.3. The zero-order valence-corrected chi connectivity index (χ0v) is 16.3. The van der Waals surface area contributed by atoms with Gasteiger partial charge in [0.25, 0.3) is 0 Å². The van der Waals surface area contributed by atoms with E-state index in [1.165, 1.54) is 0 Å². The van der Waals surface area contributed by atoms with Crippen molar-refractivity contribution in [3.05, 3.63) is 23.9 Å². The molecule has 120 valence electrons. The summed E-state index contributed by atoms with van der Waals surface area (Å²) in [4.78, 5) is 15.4. The Morgan fingerprint density at radius 2 is 1.62 bits per heavy atom. The van der Waals surface area contributed by atoms with Crippen molar-refractivity contribution < 1.29 is 0 Å². The zero-order chi connectivity index (χ0) is 15.1. The van der Waals surface area contributed by atoms with Gasteiger partial charge in [0.15, 0.2) is 5.96 Å². The predicted molar refractivity (Wildman–Crippen MR) is 102 cm³/mol. The van der Waals surface area contributed by atoms with Crippen LogP contribution >= 0.6 is 24.0 Å². The summed E-state index contributed by atoms with van der Waals surface area (Å²) in [6, 6.07) is 4.18. The third-order valence-corrected chi connectivity index (χ3v) is 3.10. The first kappa shape index (κ1) is 19.9. The van der Waals surface area contributed by atoms with Gasteiger partial charge in [-0.15, -0.1) is 24.0 Å². The fourth-order valence-electron chi connectivity index (χ4n) is 2.09. The maximum Gasteiger partial charge on any atom is 0.195 e. The Balaban J connectivity index is 0.00000400. The summed E-state index contributed by atoms with van der Waals surface area (Å²) in [5, 5.41) is 0. The van der Waals surface area contributed by atoms with Crippen LogP contribution in [-0.4, -0.2) is 62.0 Å². The van der Waals surface area contributed by atoms with Gasteiger partial charge in [-0.2, -0.15) is 0 Å². The van der Waals surface area contributed by atoms with Gasteiger partial charge in [0, 0.05) is 47.5 Å². The van der Waals surface area contributed by atoms with Crippen molar-refractivity contribution in [2.45, 2.75) is 20.4 Å². The molecule has 0 fully saturated rings. The third-order valence-electron chi connectivity index (χ3n) is 3.10. The lowest BCUT2D eigenvalue weighted by Crippen LogP contribution is -2.35. The van der Waals surface area contributed by atoms with E-state index in [2.05, 4.69) is 40.9 Å². The maximum atomic E-state index is 4.62. The van der Waals surface area contributed by atoms with Crippen LogP contribution in [0.25, 0.3) is 0 Å². The Morgan fingerprint density at radius 3 is 2.00 bits per heavy atom. The van der Waals surface area contributed by atoms with Gasteiger partial charge < -0.3 is 14.7 Å². The molecule has 0 spiro atoms. The Morgan fingerprint density at radius 1 is 1.05 bits per heavy atom. The summed E-state index contributed by atoms with van der Waals surface area (Å²) in [6.45, 7) is 6.89. The Kier molecular flexibility index (Phi) is 9.32. The van der Waals surface area contributed by atoms with Gasteiger partial charge in [0.2, 0.25) is 0 Å². The van der Waals surface area contributed by atoms with Gasteiger partial charge in [0.1, 0.15) is 5.82 Å². The number of rotatable bonds is 5. The quantitative estimate of drug-likeness (QED) is 0.429. The normalized spacial score (nSPS) is 9.62. The number of aliphatic imine (C=N–C) groups is 1. The molecule has 0 saturated heterocycles. The molecular formula is C15H28IN5. The van der Waals surface area contributed by atoms with Crippen molar-refractivity contribution in [2.75, 3.05) is 46.2 Å². The summed E-state index contributed by atoms with van der Waals surface area (Å²) in [5.74, 6) is 1.99. The summed E-state index contributed by atoms with van der Waals surface area (Å²) in [6.07, 6.45) is 1.92. The second-order valence-corrected chi connectivity index (χ2v) is 5.10. The van der Waals surface area contributed by atoms with Crippen LogP contribution in [-0.2, 0) is 6.54 Å². The lowest BCUT2D eigenvalue weighted by molar-refractivity contribution is 0.479. The highest BCUT2D eigenvalue weighted by Crippen LogP contribution is 2.11. The third kappa shape index (κ3) is 6.07. The Hall–Kier alpha value is -1.05. The van der Waals surface area contributed by atoms with E-state index in [1.807, 2.05) is 44.2 Å². The molecule has 0 amide bonds. The molecule has 6 heteroatoms. The second-order valence-electron chi connectivity index (χ2n) is 5.10. The molecule has 0 bridgehead atoms. The number of aromatic nitrogens is 1. The summed E-state index contributed by atoms with van der Waals surface area (Å²) in [7, 11) is 8.00. The molecule has 5 nitrogen and oxygen atoms in total. The first-order chi connectivity index (χ1) is 9.49. The molecular weight excluding hydrogens is 377 g/mol. The van der Waals surface area contributed by atoms with Crippen molar-refractivity contribution in [1.82, 2.24) is 14.8 Å². The summed E-state index contributed by atoms with van der Waals surface area (Å²) in [5.41, 5.74) is 1.13. The van der Waals surface area contributed by atoms with Gasteiger partial charge in [0.05, 0.1) is 6.54 Å². The number of hydrogen-bond donors (Lipinski definition) is 0. The van der Waals surface area contributed by atoms with E-state index in [4.69, 9.17) is 0 Å². The fraction of sp³-hybridized carbons (Fsp3) is 0.600. The Labute approximate surface area is 146 Å². The number of anilines is 1. The molecule has 0 atom stereocenters. The standard InChI is InChI=1S/C15H27N5.HI/c1-7-20(8-2)14-10-9-13(11-16-14)12-17-15(18(3)4)19(5)6;/h9-11H,7-8,12H2,1-6H3;1H. The molecule has 0 aliphatic heterocycles. The second kappa shape index (κ2) is 9.81. The smallest absolute Gasteiger partial charge is 0.195 e. The fourth-order valence-corrected chi connectivity index (χ4v) is 2.09. The monoisotopic (exact) mass is 405 g/mol. The molecule has 1 rings (SSSR count). The van der Waals surface area contributed by atoms with Crippen molar-refractivity contribution in [3.63, 3.8) is 0 Å². The molecule has 0 saturated carbocycles. The van der Waals surface area contributed by atoms with E-state index in [0.29, 0.717) is 6.54 Å². The van der Waals surface area contributed by atoms with Crippen LogP contribution in [0, 0.1) is 0 Å². The highest BCUT2D eigenvalue weighted by Gasteiger charge is 2.05. The van der Waals surface area contributed by atoms with Crippen LogP contribution in [0.5, 0.6) is 0 Å². The molecule has 1 aromatic heterocycles. The van der Waals surface area contributed by atoms with Gasteiger partial charge >= 0.3 is 0 Å². The van der Waals surface area contributed by atoms with E-state index in [0.717, 1.165) is 30.4 Å². The van der Waals surface area contributed by atoms with E-state index < -0.39 is 0 Å². The summed E-state index contributed by atoms with van der Waals surface area (Å²) >= 11 is 0. The minimum Gasteiger partial charge on any atom is -0.357 e. The lowest BCUT2D eigenvalue weighted by Gasteiger charge is -2.22. The SMILES string of the molecule is CCN(CC)c1ccc(CN=C(N(C)C)N(C)C)cn1.I. The maximum absolute atomic E-state index is 4.62. The van der Waals surface area contributed by atoms with Crippen LogP contribution < -0.4 is 4.90 Å². The first-order valence-electron chi connectivity index (χ1n) is 7.08. The number of guanidine groups is 1. The zero-order valence-electron chi connectivity index (χ0n) is 14.0. The number of pyridine rings is 1. The molecule has 0 aliphatic rings. The molecule has 0 radical (unpaired) electrons. The molecule has 0 aliphatic carbocycles. The highest BCUT2D eigenvalue weighted by molar-refractivity contribution is 14.0. The highest BCUT2D eigenvalue weighted by atomic mass is 127. The van der Waals surface area contributed by atoms with E-state index >= 15 is 0 Å². The van der Waals surface area contributed by atoms with E-state index in [9.17, 15) is 0 Å². The molecule has 21 heavy (non-hydrogen) atoms. The van der Waals surface area contributed by atoms with Crippen LogP contribution in [0.15, 0.2) is 23.3 Å². The largest absolute Gasteiger partial charge is 0.357 e. The van der Waals surface area contributed by atoms with Gasteiger partial charge in [-0.25, -0.2) is 9.98 Å². The first-order valence-corrected chi connectivity index (χ1v) is 7.08. The predicted octanol–water partition coefficient (Wildman–Crippen LogP) is 2.53. The van der Waals surface area contributed by atoms with Crippen LogP contribution in [0.2, 0.25) is 0 Å². The average Bonchev–Trinajstić information content (AvgIpc) is 2.41. The van der Waals surface area contributed by atoms with Crippen LogP contribution in [0.1, 0.15) is 19.4 Å². The van der Waals surface area contributed by atoms with E-state index in [-0.39, 0.29) is 24.0 Å². The number of hydrogen-bond acceptors (Lipinski definition) is 3. The minimum atomic E-state index is 0. The van der Waals surface area contributed by atoms with Crippen molar-refractivity contribution >= 4 is 35.8 Å². The molecule has 0 aromatic carbocycles. The topological polar surface area (TPSA) is 35.0 Å². The molecule has 0 N–H and O–H groups in total. The van der Waals surface area contributed by atoms with Crippen molar-refractivity contribution in [2.24, 2.45) is 4.99 Å². The van der Waals surface area contributed by atoms with Crippen LogP contribution in [0.4, 0.5) is 5.82 Å². The van der Waals surface area contributed by atoms with E-state index in [1.54, 1.807) is 0 Å².